The second-order valence-corrected chi connectivity index (χ2v) is 6.77. The van der Waals surface area contributed by atoms with Gasteiger partial charge in [-0.05, 0) is 35.5 Å². The summed E-state index contributed by atoms with van der Waals surface area (Å²) >= 11 is 7.94. The molecule has 0 saturated heterocycles. The molecule has 1 aliphatic rings. The average Bonchev–Trinajstić information content (AvgIpc) is 2.96. The maximum absolute atomic E-state index is 4.53. The number of thiol groups is 1. The van der Waals surface area contributed by atoms with Crippen LogP contribution in [0, 0.1) is 5.41 Å². The van der Waals surface area contributed by atoms with Gasteiger partial charge in [0.05, 0.1) is 0 Å². The first-order valence-corrected chi connectivity index (χ1v) is 8.23. The molecule has 2 nitrogen and oxygen atoms in total. The van der Waals surface area contributed by atoms with Crippen molar-refractivity contribution in [2.24, 2.45) is 5.41 Å². The smallest absolute Gasteiger partial charge is 0.170 e. The van der Waals surface area contributed by atoms with Crippen LogP contribution in [0.25, 0.3) is 0 Å². The van der Waals surface area contributed by atoms with E-state index in [2.05, 4.69) is 28.9 Å². The molecule has 1 aromatic heterocycles. The van der Waals surface area contributed by atoms with Gasteiger partial charge in [0.15, 0.2) is 4.34 Å². The number of thioether (sulfide) groups is 1. The molecular formula is C11H18N2S3. The lowest BCUT2D eigenvalue weighted by Gasteiger charge is -2.25. The van der Waals surface area contributed by atoms with E-state index in [9.17, 15) is 0 Å². The monoisotopic (exact) mass is 274 g/mol. The maximum atomic E-state index is 4.53. The number of hydrogen-bond acceptors (Lipinski definition) is 5. The van der Waals surface area contributed by atoms with E-state index >= 15 is 0 Å². The van der Waals surface area contributed by atoms with Crippen molar-refractivity contribution in [3.8, 4) is 0 Å². The highest BCUT2D eigenvalue weighted by molar-refractivity contribution is 8.01. The first-order chi connectivity index (χ1) is 7.78. The fourth-order valence-corrected chi connectivity index (χ4v) is 4.70. The summed E-state index contributed by atoms with van der Waals surface area (Å²) < 4.78 is 5.45. The molecule has 1 aromatic rings. The van der Waals surface area contributed by atoms with Gasteiger partial charge in [-0.1, -0.05) is 31.5 Å². The molecule has 1 fully saturated rings. The summed E-state index contributed by atoms with van der Waals surface area (Å²) in [5.74, 6) is 3.16. The Morgan fingerprint density at radius 3 is 2.75 bits per heavy atom. The molecule has 1 aliphatic carbocycles. The van der Waals surface area contributed by atoms with Crippen molar-refractivity contribution < 1.29 is 0 Å². The highest BCUT2D eigenvalue weighted by Gasteiger charge is 2.32. The van der Waals surface area contributed by atoms with E-state index < -0.39 is 0 Å². The van der Waals surface area contributed by atoms with Gasteiger partial charge in [-0.15, -0.1) is 0 Å². The highest BCUT2D eigenvalue weighted by atomic mass is 32.2. The van der Waals surface area contributed by atoms with Crippen LogP contribution >= 0.6 is 35.9 Å². The van der Waals surface area contributed by atoms with Crippen LogP contribution in [0.5, 0.6) is 0 Å². The van der Waals surface area contributed by atoms with Crippen molar-refractivity contribution in [3.63, 3.8) is 0 Å². The number of aromatic nitrogens is 2. The van der Waals surface area contributed by atoms with Gasteiger partial charge in [-0.25, -0.2) is 4.98 Å². The van der Waals surface area contributed by atoms with Crippen molar-refractivity contribution in [1.29, 1.82) is 0 Å². The molecule has 5 heteroatoms. The molecule has 16 heavy (non-hydrogen) atoms. The molecule has 0 atom stereocenters. The summed E-state index contributed by atoms with van der Waals surface area (Å²) in [7, 11) is 0. The van der Waals surface area contributed by atoms with Gasteiger partial charge in [0, 0.05) is 12.2 Å². The predicted octanol–water partition coefficient (Wildman–Crippen LogP) is 3.68. The van der Waals surface area contributed by atoms with E-state index in [1.54, 1.807) is 11.5 Å². The third-order valence-electron chi connectivity index (χ3n) is 3.27. The topological polar surface area (TPSA) is 25.8 Å². The fourth-order valence-electron chi connectivity index (χ4n) is 2.13. The maximum Gasteiger partial charge on any atom is 0.170 e. The minimum Gasteiger partial charge on any atom is -0.213 e. The minimum absolute atomic E-state index is 0.464. The van der Waals surface area contributed by atoms with E-state index in [-0.39, 0.29) is 0 Å². The Hall–Kier alpha value is 0.260. The largest absolute Gasteiger partial charge is 0.213 e. The van der Waals surface area contributed by atoms with Gasteiger partial charge in [0.1, 0.15) is 5.82 Å². The molecule has 1 saturated carbocycles. The summed E-state index contributed by atoms with van der Waals surface area (Å²) in [6, 6.07) is 0. The Morgan fingerprint density at radius 2 is 2.19 bits per heavy atom. The first kappa shape index (κ1) is 12.7. The second kappa shape index (κ2) is 5.74. The van der Waals surface area contributed by atoms with Gasteiger partial charge in [-0.2, -0.15) is 17.0 Å². The van der Waals surface area contributed by atoms with Crippen LogP contribution in [-0.2, 0) is 6.42 Å². The SMILES string of the molecule is CCc1nsc(SCC2(CS)CCCC2)n1. The second-order valence-electron chi connectivity index (χ2n) is 4.48. The number of nitrogens with zero attached hydrogens (tertiary/aromatic N) is 2. The molecule has 0 radical (unpaired) electrons. The fraction of sp³-hybridized carbons (Fsp3) is 0.818. The Bertz CT molecular complexity index is 332. The van der Waals surface area contributed by atoms with Crippen molar-refractivity contribution in [2.75, 3.05) is 11.5 Å². The molecule has 0 bridgehead atoms. The van der Waals surface area contributed by atoms with Crippen molar-refractivity contribution in [2.45, 2.75) is 43.4 Å². The summed E-state index contributed by atoms with van der Waals surface area (Å²) in [5, 5.41) is 0. The van der Waals surface area contributed by atoms with Crippen LogP contribution in [-0.4, -0.2) is 20.9 Å². The Morgan fingerprint density at radius 1 is 1.44 bits per heavy atom. The quantitative estimate of drug-likeness (QED) is 0.655. The van der Waals surface area contributed by atoms with Crippen LogP contribution < -0.4 is 0 Å². The van der Waals surface area contributed by atoms with E-state index in [0.717, 1.165) is 28.1 Å². The lowest BCUT2D eigenvalue weighted by Crippen LogP contribution is -2.21. The summed E-state index contributed by atoms with van der Waals surface area (Å²) in [4.78, 5) is 4.50. The van der Waals surface area contributed by atoms with Crippen LogP contribution in [0.15, 0.2) is 4.34 Å². The van der Waals surface area contributed by atoms with E-state index in [0.29, 0.717) is 5.41 Å². The van der Waals surface area contributed by atoms with Gasteiger partial charge >= 0.3 is 0 Å². The standard InChI is InChI=1S/C11H18N2S3/c1-2-9-12-10(16-13-9)15-8-11(7-14)5-3-4-6-11/h14H,2-8H2,1H3. The van der Waals surface area contributed by atoms with Crippen LogP contribution in [0.1, 0.15) is 38.4 Å². The average molecular weight is 274 g/mol. The lowest BCUT2D eigenvalue weighted by molar-refractivity contribution is 0.403. The molecular weight excluding hydrogens is 256 g/mol. The number of rotatable bonds is 5. The van der Waals surface area contributed by atoms with Gasteiger partial charge in [0.2, 0.25) is 0 Å². The molecule has 0 N–H and O–H groups in total. The molecule has 0 aliphatic heterocycles. The van der Waals surface area contributed by atoms with Crippen molar-refractivity contribution in [3.05, 3.63) is 5.82 Å². The number of hydrogen-bond donors (Lipinski definition) is 1. The van der Waals surface area contributed by atoms with Crippen molar-refractivity contribution >= 4 is 35.9 Å². The molecule has 2 rings (SSSR count). The molecule has 0 spiro atoms. The Labute approximate surface area is 111 Å². The zero-order chi connectivity index (χ0) is 11.4. The van der Waals surface area contributed by atoms with E-state index in [1.807, 2.05) is 11.8 Å². The third-order valence-corrected chi connectivity index (χ3v) is 6.16. The molecule has 90 valence electrons. The normalized spacial score (nSPS) is 19.1. The zero-order valence-corrected chi connectivity index (χ0v) is 12.1. The highest BCUT2D eigenvalue weighted by Crippen LogP contribution is 2.43. The summed E-state index contributed by atoms with van der Waals surface area (Å²) in [6.45, 7) is 2.10. The number of aryl methyl sites for hydroxylation is 1. The lowest BCUT2D eigenvalue weighted by atomic mass is 9.91. The summed E-state index contributed by atoms with van der Waals surface area (Å²) in [6.07, 6.45) is 6.36. The predicted molar refractivity (Wildman–Crippen MR) is 74.8 cm³/mol. The Kier molecular flexibility index (Phi) is 4.56. The molecule has 1 heterocycles. The van der Waals surface area contributed by atoms with Crippen LogP contribution in [0.3, 0.4) is 0 Å². The molecule has 0 unspecified atom stereocenters. The van der Waals surface area contributed by atoms with E-state index in [1.165, 1.54) is 25.7 Å². The third kappa shape index (κ3) is 2.93. The van der Waals surface area contributed by atoms with Gasteiger partial charge in [0.25, 0.3) is 0 Å². The molecule has 0 amide bonds. The van der Waals surface area contributed by atoms with Crippen LogP contribution in [0.4, 0.5) is 0 Å². The van der Waals surface area contributed by atoms with E-state index in [4.69, 9.17) is 0 Å². The Balaban J connectivity index is 1.90. The zero-order valence-electron chi connectivity index (χ0n) is 9.61. The van der Waals surface area contributed by atoms with Crippen molar-refractivity contribution in [1.82, 2.24) is 9.36 Å². The van der Waals surface area contributed by atoms with Crippen LogP contribution in [0.2, 0.25) is 0 Å². The van der Waals surface area contributed by atoms with Gasteiger partial charge < -0.3 is 0 Å². The molecule has 0 aromatic carbocycles. The minimum atomic E-state index is 0.464. The summed E-state index contributed by atoms with van der Waals surface area (Å²) in [5.41, 5.74) is 0.464. The van der Waals surface area contributed by atoms with Gasteiger partial charge in [-0.3, -0.25) is 0 Å². The first-order valence-electron chi connectivity index (χ1n) is 5.84.